The first-order valence-electron chi connectivity index (χ1n) is 10.1. The van der Waals surface area contributed by atoms with Crippen molar-refractivity contribution in [3.63, 3.8) is 0 Å². The van der Waals surface area contributed by atoms with Gasteiger partial charge in [0.05, 0.1) is 12.0 Å². The number of benzene rings is 1. The van der Waals surface area contributed by atoms with Crippen LogP contribution >= 0.6 is 0 Å². The molecule has 2 aromatic rings. The van der Waals surface area contributed by atoms with Crippen molar-refractivity contribution in [2.45, 2.75) is 45.1 Å². The van der Waals surface area contributed by atoms with Crippen LogP contribution in [-0.4, -0.2) is 22.2 Å². The summed E-state index contributed by atoms with van der Waals surface area (Å²) in [7, 11) is 0. The van der Waals surface area contributed by atoms with E-state index in [9.17, 15) is 9.59 Å². The molecule has 0 aliphatic heterocycles. The maximum atomic E-state index is 13.3. The lowest BCUT2D eigenvalue weighted by Crippen LogP contribution is -2.51. The molecule has 0 atom stereocenters. The number of rotatable bonds is 4. The average Bonchev–Trinajstić information content (AvgIpc) is 2.63. The van der Waals surface area contributed by atoms with Crippen molar-refractivity contribution in [3.8, 4) is 0 Å². The largest absolute Gasteiger partial charge is 0.395 e. The molecule has 0 unspecified atom stereocenters. The summed E-state index contributed by atoms with van der Waals surface area (Å²) in [6.07, 6.45) is 8.71. The zero-order valence-corrected chi connectivity index (χ0v) is 15.5. The predicted octanol–water partition coefficient (Wildman–Crippen LogP) is 3.15. The second-order valence-corrected chi connectivity index (χ2v) is 8.96. The Labute approximate surface area is 158 Å². The van der Waals surface area contributed by atoms with Crippen LogP contribution in [0.25, 0.3) is 10.8 Å². The van der Waals surface area contributed by atoms with Crippen LogP contribution in [0.15, 0.2) is 35.3 Å². The minimum absolute atomic E-state index is 0.0755. The van der Waals surface area contributed by atoms with Crippen LogP contribution in [-0.2, 0) is 11.3 Å². The van der Waals surface area contributed by atoms with Gasteiger partial charge in [-0.25, -0.2) is 0 Å². The van der Waals surface area contributed by atoms with Gasteiger partial charge >= 0.3 is 0 Å². The number of anilines is 1. The zero-order valence-electron chi connectivity index (χ0n) is 15.5. The molecule has 4 bridgehead atoms. The number of nitrogens with zero attached hydrogens (tertiary/aromatic N) is 1. The second kappa shape index (κ2) is 6.20. The fourth-order valence-electron chi connectivity index (χ4n) is 6.35. The highest BCUT2D eigenvalue weighted by atomic mass is 16.3. The van der Waals surface area contributed by atoms with E-state index >= 15 is 0 Å². The van der Waals surface area contributed by atoms with Gasteiger partial charge < -0.3 is 15.0 Å². The van der Waals surface area contributed by atoms with Crippen LogP contribution in [0.5, 0.6) is 0 Å². The zero-order chi connectivity index (χ0) is 18.6. The van der Waals surface area contributed by atoms with E-state index in [0.29, 0.717) is 5.39 Å². The lowest BCUT2D eigenvalue weighted by Gasteiger charge is -2.55. The highest BCUT2D eigenvalue weighted by molar-refractivity contribution is 6.03. The smallest absolute Gasteiger partial charge is 0.258 e. The van der Waals surface area contributed by atoms with Crippen molar-refractivity contribution in [2.24, 2.45) is 23.2 Å². The first-order valence-corrected chi connectivity index (χ1v) is 10.1. The van der Waals surface area contributed by atoms with E-state index < -0.39 is 0 Å². The van der Waals surface area contributed by atoms with E-state index in [-0.39, 0.29) is 30.0 Å². The summed E-state index contributed by atoms with van der Waals surface area (Å²) in [6.45, 7) is 0.201. The first kappa shape index (κ1) is 17.0. The first-order chi connectivity index (χ1) is 13.1. The Bertz CT molecular complexity index is 926. The molecule has 142 valence electrons. The third-order valence-electron chi connectivity index (χ3n) is 7.13. The number of fused-ring (bicyclic) bond motifs is 1. The number of amides is 1. The van der Waals surface area contributed by atoms with Crippen molar-refractivity contribution < 1.29 is 9.90 Å². The molecule has 0 radical (unpaired) electrons. The fraction of sp³-hybridized carbons (Fsp3) is 0.545. The van der Waals surface area contributed by atoms with E-state index in [0.717, 1.165) is 48.1 Å². The van der Waals surface area contributed by atoms with E-state index in [1.165, 1.54) is 23.8 Å². The fourth-order valence-corrected chi connectivity index (χ4v) is 6.35. The van der Waals surface area contributed by atoms with E-state index in [2.05, 4.69) is 5.32 Å². The third-order valence-corrected chi connectivity index (χ3v) is 7.13. The van der Waals surface area contributed by atoms with Crippen molar-refractivity contribution in [1.29, 1.82) is 0 Å². The van der Waals surface area contributed by atoms with Crippen LogP contribution < -0.4 is 10.9 Å². The molecule has 0 spiro atoms. The molecule has 5 nitrogen and oxygen atoms in total. The van der Waals surface area contributed by atoms with Gasteiger partial charge in [-0.3, -0.25) is 9.59 Å². The Morgan fingerprint density at radius 1 is 1.07 bits per heavy atom. The van der Waals surface area contributed by atoms with Gasteiger partial charge in [0.15, 0.2) is 0 Å². The van der Waals surface area contributed by atoms with Gasteiger partial charge in [-0.1, -0.05) is 6.07 Å². The van der Waals surface area contributed by atoms with E-state index in [1.807, 2.05) is 18.2 Å². The standard InChI is InChI=1S/C22H26N2O3/c25-7-6-24-5-4-17-18(20(24)26)2-1-3-19(17)23-21(27)22-11-14-8-15(12-22)10-16(9-14)13-22/h1-5,14-16,25H,6-13H2,(H,23,27). The molecule has 0 saturated heterocycles. The average molecular weight is 366 g/mol. The van der Waals surface area contributed by atoms with Gasteiger partial charge in [-0.2, -0.15) is 0 Å². The molecule has 1 heterocycles. The molecule has 2 N–H and O–H groups in total. The van der Waals surface area contributed by atoms with Crippen LogP contribution in [0, 0.1) is 23.2 Å². The summed E-state index contributed by atoms with van der Waals surface area (Å²) in [6, 6.07) is 7.35. The molecule has 6 rings (SSSR count). The molecule has 1 aromatic carbocycles. The Kier molecular flexibility index (Phi) is 3.90. The number of aliphatic hydroxyl groups is 1. The van der Waals surface area contributed by atoms with Crippen LogP contribution in [0.1, 0.15) is 38.5 Å². The van der Waals surface area contributed by atoms with E-state index in [4.69, 9.17) is 5.11 Å². The van der Waals surface area contributed by atoms with Crippen LogP contribution in [0.3, 0.4) is 0 Å². The minimum atomic E-state index is -0.206. The Balaban J connectivity index is 1.47. The topological polar surface area (TPSA) is 71.3 Å². The monoisotopic (exact) mass is 366 g/mol. The lowest BCUT2D eigenvalue weighted by molar-refractivity contribution is -0.140. The molecular formula is C22H26N2O3. The van der Waals surface area contributed by atoms with Crippen molar-refractivity contribution >= 4 is 22.4 Å². The SMILES string of the molecule is O=C(Nc1cccc2c(=O)n(CCO)ccc12)C12CC3CC(CC(C3)C1)C2. The molecule has 4 fully saturated rings. The summed E-state index contributed by atoms with van der Waals surface area (Å²) in [4.78, 5) is 26.0. The molecular weight excluding hydrogens is 340 g/mol. The van der Waals surface area contributed by atoms with Crippen molar-refractivity contribution in [2.75, 3.05) is 11.9 Å². The molecule has 1 aromatic heterocycles. The molecule has 5 heteroatoms. The van der Waals surface area contributed by atoms with Gasteiger partial charge in [0, 0.05) is 29.2 Å². The predicted molar refractivity (Wildman–Crippen MR) is 105 cm³/mol. The number of aromatic nitrogens is 1. The Hall–Kier alpha value is -2.14. The van der Waals surface area contributed by atoms with Gasteiger partial charge in [0.1, 0.15) is 0 Å². The number of carbonyl (C=O) groups excluding carboxylic acids is 1. The normalized spacial score (nSPS) is 31.4. The summed E-state index contributed by atoms with van der Waals surface area (Å²) in [5.41, 5.74) is 0.386. The van der Waals surface area contributed by atoms with Gasteiger partial charge in [0.2, 0.25) is 5.91 Å². The number of aliphatic hydroxyl groups excluding tert-OH is 1. The van der Waals surface area contributed by atoms with Crippen molar-refractivity contribution in [3.05, 3.63) is 40.8 Å². The number of hydrogen-bond donors (Lipinski definition) is 2. The Morgan fingerprint density at radius 2 is 1.74 bits per heavy atom. The molecule has 4 aliphatic carbocycles. The quantitative estimate of drug-likeness (QED) is 0.873. The third kappa shape index (κ3) is 2.71. The number of carbonyl (C=O) groups is 1. The van der Waals surface area contributed by atoms with Crippen LogP contribution in [0.4, 0.5) is 5.69 Å². The molecule has 4 aliphatic rings. The highest BCUT2D eigenvalue weighted by Gasteiger charge is 2.54. The molecule has 4 saturated carbocycles. The summed E-state index contributed by atoms with van der Waals surface area (Å²) in [5, 5.41) is 13.7. The lowest BCUT2D eigenvalue weighted by atomic mass is 9.49. The second-order valence-electron chi connectivity index (χ2n) is 8.96. The van der Waals surface area contributed by atoms with Crippen molar-refractivity contribution in [1.82, 2.24) is 4.57 Å². The number of pyridine rings is 1. The summed E-state index contributed by atoms with van der Waals surface area (Å²) in [5.74, 6) is 2.31. The highest BCUT2D eigenvalue weighted by Crippen LogP contribution is 2.60. The van der Waals surface area contributed by atoms with Gasteiger partial charge in [0.25, 0.3) is 5.56 Å². The van der Waals surface area contributed by atoms with E-state index in [1.54, 1.807) is 12.3 Å². The minimum Gasteiger partial charge on any atom is -0.395 e. The Morgan fingerprint density at radius 3 is 2.37 bits per heavy atom. The molecule has 1 amide bonds. The summed E-state index contributed by atoms with van der Waals surface area (Å²) >= 11 is 0. The van der Waals surface area contributed by atoms with Gasteiger partial charge in [-0.15, -0.1) is 0 Å². The number of nitrogens with one attached hydrogen (secondary N) is 1. The number of hydrogen-bond acceptors (Lipinski definition) is 3. The maximum absolute atomic E-state index is 13.3. The maximum Gasteiger partial charge on any atom is 0.258 e. The van der Waals surface area contributed by atoms with Gasteiger partial charge in [-0.05, 0) is 74.5 Å². The summed E-state index contributed by atoms with van der Waals surface area (Å²) < 4.78 is 1.51. The molecule has 27 heavy (non-hydrogen) atoms. The van der Waals surface area contributed by atoms with Crippen LogP contribution in [0.2, 0.25) is 0 Å².